The largest absolute Gasteiger partial charge is 0.444 e. The normalized spacial score (nSPS) is 20.0. The number of hydrogen-bond donors (Lipinski definition) is 1. The number of hydrogen-bond acceptors (Lipinski definition) is 6. The van der Waals surface area contributed by atoms with Crippen LogP contribution < -0.4 is 10.6 Å². The van der Waals surface area contributed by atoms with Gasteiger partial charge in [0.25, 0.3) is 0 Å². The molecule has 1 aromatic rings. The van der Waals surface area contributed by atoms with Crippen molar-refractivity contribution in [3.63, 3.8) is 0 Å². The average molecular weight is 376 g/mol. The van der Waals surface area contributed by atoms with Gasteiger partial charge in [0.05, 0.1) is 11.9 Å². The number of nitrogens with zero attached hydrogens (tertiary/aromatic N) is 4. The van der Waals surface area contributed by atoms with Crippen molar-refractivity contribution in [3.05, 3.63) is 18.3 Å². The maximum Gasteiger partial charge on any atom is 0.410 e. The monoisotopic (exact) mass is 375 g/mol. The van der Waals surface area contributed by atoms with E-state index in [1.54, 1.807) is 0 Å². The molecule has 2 aliphatic heterocycles. The predicted octanol–water partition coefficient (Wildman–Crippen LogP) is 2.43. The molecule has 0 aliphatic carbocycles. The number of carbonyl (C=O) groups excluding carboxylic acids is 1. The van der Waals surface area contributed by atoms with Crippen molar-refractivity contribution in [1.82, 2.24) is 14.8 Å². The molecular weight excluding hydrogens is 342 g/mol. The first kappa shape index (κ1) is 19.7. The number of piperazine rings is 1. The van der Waals surface area contributed by atoms with E-state index in [-0.39, 0.29) is 6.09 Å². The molecule has 27 heavy (non-hydrogen) atoms. The number of nitrogen functional groups attached to an aromatic ring is 1. The van der Waals surface area contributed by atoms with E-state index in [1.807, 2.05) is 37.9 Å². The minimum Gasteiger partial charge on any atom is -0.444 e. The van der Waals surface area contributed by atoms with Gasteiger partial charge in [-0.05, 0) is 51.7 Å². The number of nitrogens with two attached hydrogens (primary N) is 1. The summed E-state index contributed by atoms with van der Waals surface area (Å²) in [4.78, 5) is 23.1. The first-order valence-electron chi connectivity index (χ1n) is 9.97. The summed E-state index contributed by atoms with van der Waals surface area (Å²) in [6.07, 6.45) is 4.06. The number of aromatic nitrogens is 1. The Morgan fingerprint density at radius 1 is 1.15 bits per heavy atom. The second-order valence-corrected chi connectivity index (χ2v) is 8.64. The molecule has 0 atom stereocenters. The first-order chi connectivity index (χ1) is 12.8. The van der Waals surface area contributed by atoms with Crippen LogP contribution in [0.5, 0.6) is 0 Å². The third kappa shape index (κ3) is 5.73. The third-order valence-electron chi connectivity index (χ3n) is 5.29. The molecule has 1 amide bonds. The van der Waals surface area contributed by atoms with Gasteiger partial charge in [0, 0.05) is 45.8 Å². The molecule has 0 saturated carbocycles. The molecule has 0 unspecified atom stereocenters. The van der Waals surface area contributed by atoms with E-state index in [1.165, 1.54) is 12.8 Å². The van der Waals surface area contributed by atoms with Crippen LogP contribution in [-0.2, 0) is 4.74 Å². The second-order valence-electron chi connectivity index (χ2n) is 8.64. The number of ether oxygens (including phenoxy) is 1. The van der Waals surface area contributed by atoms with Crippen LogP contribution in [0.25, 0.3) is 0 Å². The van der Waals surface area contributed by atoms with Crippen LogP contribution in [0.3, 0.4) is 0 Å². The summed E-state index contributed by atoms with van der Waals surface area (Å²) in [5.41, 5.74) is 6.41. The highest BCUT2D eigenvalue weighted by Gasteiger charge is 2.28. The summed E-state index contributed by atoms with van der Waals surface area (Å²) in [5.74, 6) is 1.29. The van der Waals surface area contributed by atoms with Gasteiger partial charge in [0.15, 0.2) is 0 Å². The van der Waals surface area contributed by atoms with Gasteiger partial charge in [-0.3, -0.25) is 4.90 Å². The van der Waals surface area contributed by atoms with Gasteiger partial charge in [0.2, 0.25) is 0 Å². The zero-order chi connectivity index (χ0) is 19.4. The summed E-state index contributed by atoms with van der Waals surface area (Å²) >= 11 is 0. The number of anilines is 2. The Kier molecular flexibility index (Phi) is 6.09. The Hall–Kier alpha value is -2.02. The number of rotatable bonds is 3. The molecule has 2 N–H and O–H groups in total. The lowest BCUT2D eigenvalue weighted by Gasteiger charge is -2.39. The van der Waals surface area contributed by atoms with Crippen molar-refractivity contribution in [2.45, 2.75) is 39.2 Å². The SMILES string of the molecule is CC(C)(C)OC(=O)N1CCN(CC2CCN(c3ccc(N)nc3)CC2)CC1. The zero-order valence-electron chi connectivity index (χ0n) is 16.9. The highest BCUT2D eigenvalue weighted by molar-refractivity contribution is 5.68. The van der Waals surface area contributed by atoms with E-state index in [9.17, 15) is 4.79 Å². The Balaban J connectivity index is 1.39. The van der Waals surface area contributed by atoms with Gasteiger partial charge in [-0.25, -0.2) is 9.78 Å². The molecule has 3 heterocycles. The van der Waals surface area contributed by atoms with E-state index >= 15 is 0 Å². The first-order valence-corrected chi connectivity index (χ1v) is 9.97. The average Bonchev–Trinajstić information content (AvgIpc) is 2.62. The lowest BCUT2D eigenvalue weighted by molar-refractivity contribution is 0.0130. The molecule has 3 rings (SSSR count). The minimum atomic E-state index is -0.428. The molecule has 2 aliphatic rings. The number of carbonyl (C=O) groups is 1. The molecule has 0 spiro atoms. The fourth-order valence-corrected chi connectivity index (χ4v) is 3.76. The predicted molar refractivity (Wildman–Crippen MR) is 108 cm³/mol. The number of amides is 1. The van der Waals surface area contributed by atoms with Crippen LogP contribution in [0, 0.1) is 5.92 Å². The molecule has 7 nitrogen and oxygen atoms in total. The van der Waals surface area contributed by atoms with E-state index in [0.717, 1.165) is 57.4 Å². The molecule has 150 valence electrons. The number of pyridine rings is 1. The van der Waals surface area contributed by atoms with Crippen LogP contribution in [0.2, 0.25) is 0 Å². The smallest absolute Gasteiger partial charge is 0.410 e. The van der Waals surface area contributed by atoms with Crippen molar-refractivity contribution in [2.24, 2.45) is 5.92 Å². The fourth-order valence-electron chi connectivity index (χ4n) is 3.76. The third-order valence-corrected chi connectivity index (χ3v) is 5.29. The Bertz CT molecular complexity index is 612. The standard InChI is InChI=1S/C20H33N5O2/c1-20(2,3)27-19(26)25-12-10-23(11-13-25)15-16-6-8-24(9-7-16)17-4-5-18(21)22-14-17/h4-5,14,16H,6-13,15H2,1-3H3,(H2,21,22). The van der Waals surface area contributed by atoms with E-state index < -0.39 is 5.60 Å². The molecule has 2 fully saturated rings. The van der Waals surface area contributed by atoms with Crippen LogP contribution in [-0.4, -0.2) is 72.3 Å². The Morgan fingerprint density at radius 3 is 2.37 bits per heavy atom. The van der Waals surface area contributed by atoms with Crippen molar-refractivity contribution in [3.8, 4) is 0 Å². The van der Waals surface area contributed by atoms with Gasteiger partial charge in [0.1, 0.15) is 11.4 Å². The molecule has 0 radical (unpaired) electrons. The highest BCUT2D eigenvalue weighted by atomic mass is 16.6. The van der Waals surface area contributed by atoms with Gasteiger partial charge >= 0.3 is 6.09 Å². The highest BCUT2D eigenvalue weighted by Crippen LogP contribution is 2.24. The second kappa shape index (κ2) is 8.33. The number of piperidine rings is 1. The van der Waals surface area contributed by atoms with Gasteiger partial charge in [-0.1, -0.05) is 0 Å². The summed E-state index contributed by atoms with van der Waals surface area (Å²) in [7, 11) is 0. The summed E-state index contributed by atoms with van der Waals surface area (Å²) in [6.45, 7) is 12.4. The maximum absolute atomic E-state index is 12.2. The summed E-state index contributed by atoms with van der Waals surface area (Å²) < 4.78 is 5.47. The zero-order valence-corrected chi connectivity index (χ0v) is 16.9. The van der Waals surface area contributed by atoms with E-state index in [4.69, 9.17) is 10.5 Å². The topological polar surface area (TPSA) is 74.9 Å². The summed E-state index contributed by atoms with van der Waals surface area (Å²) in [5, 5.41) is 0. The minimum absolute atomic E-state index is 0.187. The van der Waals surface area contributed by atoms with Gasteiger partial charge in [-0.2, -0.15) is 0 Å². The molecular formula is C20H33N5O2. The van der Waals surface area contributed by atoms with Gasteiger partial charge < -0.3 is 20.3 Å². The Morgan fingerprint density at radius 2 is 1.81 bits per heavy atom. The van der Waals surface area contributed by atoms with Crippen molar-refractivity contribution < 1.29 is 9.53 Å². The van der Waals surface area contributed by atoms with Gasteiger partial charge in [-0.15, -0.1) is 0 Å². The molecule has 7 heteroatoms. The maximum atomic E-state index is 12.2. The van der Waals surface area contributed by atoms with Crippen molar-refractivity contribution in [1.29, 1.82) is 0 Å². The van der Waals surface area contributed by atoms with Crippen LogP contribution in [0.1, 0.15) is 33.6 Å². The lowest BCUT2D eigenvalue weighted by Crippen LogP contribution is -2.51. The Labute approximate surface area is 162 Å². The molecule has 2 saturated heterocycles. The van der Waals surface area contributed by atoms with Crippen LogP contribution in [0.15, 0.2) is 18.3 Å². The fraction of sp³-hybridized carbons (Fsp3) is 0.700. The van der Waals surface area contributed by atoms with E-state index in [0.29, 0.717) is 5.82 Å². The summed E-state index contributed by atoms with van der Waals surface area (Å²) in [6, 6.07) is 3.92. The quantitative estimate of drug-likeness (QED) is 0.875. The van der Waals surface area contributed by atoms with Crippen molar-refractivity contribution in [2.75, 3.05) is 56.4 Å². The van der Waals surface area contributed by atoms with Crippen molar-refractivity contribution >= 4 is 17.6 Å². The van der Waals surface area contributed by atoms with Crippen LogP contribution >= 0.6 is 0 Å². The molecule has 1 aromatic heterocycles. The van der Waals surface area contributed by atoms with Crippen LogP contribution in [0.4, 0.5) is 16.3 Å². The lowest BCUT2D eigenvalue weighted by atomic mass is 9.95. The molecule has 0 aromatic carbocycles. The van der Waals surface area contributed by atoms with E-state index in [2.05, 4.69) is 20.9 Å². The molecule has 0 bridgehead atoms.